The van der Waals surface area contributed by atoms with Crippen molar-refractivity contribution in [1.82, 2.24) is 15.2 Å². The summed E-state index contributed by atoms with van der Waals surface area (Å²) in [5, 5.41) is 6.81. The minimum absolute atomic E-state index is 0.542. The second-order valence-electron chi connectivity index (χ2n) is 3.51. The summed E-state index contributed by atoms with van der Waals surface area (Å²) in [5.74, 6) is 2.35. The van der Waals surface area contributed by atoms with Gasteiger partial charge in [0, 0.05) is 18.2 Å². The molecule has 0 aliphatic rings. The Kier molecular flexibility index (Phi) is 3.05. The first-order valence-electron chi connectivity index (χ1n) is 5.10. The van der Waals surface area contributed by atoms with Crippen LogP contribution in [-0.2, 0) is 6.42 Å². The highest BCUT2D eigenvalue weighted by Crippen LogP contribution is 2.14. The Morgan fingerprint density at radius 1 is 1.44 bits per heavy atom. The lowest BCUT2D eigenvalue weighted by Gasteiger charge is -2.04. The van der Waals surface area contributed by atoms with Gasteiger partial charge in [-0.3, -0.25) is 5.10 Å². The minimum atomic E-state index is 0.542. The number of hydrogen-bond donors (Lipinski definition) is 2. The smallest absolute Gasteiger partial charge is 0.154 e. The summed E-state index contributed by atoms with van der Waals surface area (Å²) < 4.78 is 5.53. The van der Waals surface area contributed by atoms with Gasteiger partial charge in [-0.25, -0.2) is 4.98 Å². The van der Waals surface area contributed by atoms with E-state index in [1.54, 1.807) is 6.07 Å². The zero-order valence-electron chi connectivity index (χ0n) is 9.10. The van der Waals surface area contributed by atoms with Crippen LogP contribution in [0.4, 0.5) is 5.69 Å². The summed E-state index contributed by atoms with van der Waals surface area (Å²) in [5.41, 5.74) is 6.34. The third-order valence-corrected chi connectivity index (χ3v) is 2.10. The van der Waals surface area contributed by atoms with Gasteiger partial charge in [0.2, 0.25) is 0 Å². The first-order valence-corrected chi connectivity index (χ1v) is 5.10. The average Bonchev–Trinajstić information content (AvgIpc) is 2.64. The van der Waals surface area contributed by atoms with Crippen LogP contribution in [0.25, 0.3) is 0 Å². The molecule has 84 valence electrons. The van der Waals surface area contributed by atoms with Gasteiger partial charge in [0.05, 0.1) is 6.61 Å². The summed E-state index contributed by atoms with van der Waals surface area (Å²) in [4.78, 5) is 4.19. The molecule has 0 radical (unpaired) electrons. The van der Waals surface area contributed by atoms with E-state index in [4.69, 9.17) is 10.5 Å². The van der Waals surface area contributed by atoms with Gasteiger partial charge in [0.25, 0.3) is 0 Å². The summed E-state index contributed by atoms with van der Waals surface area (Å²) in [6, 6.07) is 7.36. The third-order valence-electron chi connectivity index (χ3n) is 2.10. The van der Waals surface area contributed by atoms with Crippen LogP contribution in [0.1, 0.15) is 11.6 Å². The second kappa shape index (κ2) is 4.65. The molecule has 1 aromatic carbocycles. The van der Waals surface area contributed by atoms with Gasteiger partial charge in [-0.1, -0.05) is 6.07 Å². The molecule has 0 bridgehead atoms. The summed E-state index contributed by atoms with van der Waals surface area (Å²) in [7, 11) is 0. The molecule has 16 heavy (non-hydrogen) atoms. The van der Waals surface area contributed by atoms with Crippen LogP contribution in [0.5, 0.6) is 5.75 Å². The van der Waals surface area contributed by atoms with Crippen LogP contribution in [-0.4, -0.2) is 21.8 Å². The molecule has 1 aromatic heterocycles. The summed E-state index contributed by atoms with van der Waals surface area (Å²) in [6.45, 7) is 2.41. The highest BCUT2D eigenvalue weighted by molar-refractivity contribution is 5.43. The Morgan fingerprint density at radius 3 is 3.00 bits per heavy atom. The fourth-order valence-corrected chi connectivity index (χ4v) is 1.37. The summed E-state index contributed by atoms with van der Waals surface area (Å²) in [6.07, 6.45) is 0.680. The maximum absolute atomic E-state index is 5.64. The number of hydrogen-bond acceptors (Lipinski definition) is 4. The second-order valence-corrected chi connectivity index (χ2v) is 3.51. The van der Waals surface area contributed by atoms with Crippen molar-refractivity contribution in [3.8, 4) is 5.75 Å². The largest absolute Gasteiger partial charge is 0.493 e. The Bertz CT molecular complexity index is 467. The lowest BCUT2D eigenvalue weighted by atomic mass is 10.3. The molecule has 5 nitrogen and oxygen atoms in total. The quantitative estimate of drug-likeness (QED) is 0.759. The number of nitrogen functional groups attached to an aromatic ring is 1. The standard InChI is InChI=1S/C11H14N4O/c1-8-13-11(15-14-8)5-6-16-10-4-2-3-9(12)7-10/h2-4,7H,5-6,12H2,1H3,(H,13,14,15). The van der Waals surface area contributed by atoms with Crippen LogP contribution < -0.4 is 10.5 Å². The van der Waals surface area contributed by atoms with Gasteiger partial charge in [-0.05, 0) is 19.1 Å². The number of nitrogens with one attached hydrogen (secondary N) is 1. The Morgan fingerprint density at radius 2 is 2.31 bits per heavy atom. The van der Waals surface area contributed by atoms with Crippen molar-refractivity contribution in [1.29, 1.82) is 0 Å². The van der Waals surface area contributed by atoms with Gasteiger partial charge in [0.1, 0.15) is 11.6 Å². The van der Waals surface area contributed by atoms with Crippen LogP contribution in [0.15, 0.2) is 24.3 Å². The fourth-order valence-electron chi connectivity index (χ4n) is 1.37. The fraction of sp³-hybridized carbons (Fsp3) is 0.273. The molecule has 2 aromatic rings. The predicted molar refractivity (Wildman–Crippen MR) is 61.2 cm³/mol. The lowest BCUT2D eigenvalue weighted by molar-refractivity contribution is 0.319. The molecule has 1 heterocycles. The average molecular weight is 218 g/mol. The van der Waals surface area contributed by atoms with E-state index in [-0.39, 0.29) is 0 Å². The molecule has 0 aliphatic heterocycles. The molecule has 5 heteroatoms. The van der Waals surface area contributed by atoms with E-state index in [1.807, 2.05) is 25.1 Å². The van der Waals surface area contributed by atoms with Crippen LogP contribution in [0, 0.1) is 6.92 Å². The van der Waals surface area contributed by atoms with E-state index < -0.39 is 0 Å². The molecular formula is C11H14N4O. The van der Waals surface area contributed by atoms with E-state index in [2.05, 4.69) is 15.2 Å². The molecule has 0 unspecified atom stereocenters. The Balaban J connectivity index is 1.84. The lowest BCUT2D eigenvalue weighted by Crippen LogP contribution is -2.03. The number of anilines is 1. The van der Waals surface area contributed by atoms with Crippen LogP contribution in [0.3, 0.4) is 0 Å². The first-order chi connectivity index (χ1) is 7.74. The molecule has 0 amide bonds. The predicted octanol–water partition coefficient (Wildman–Crippen LogP) is 1.32. The maximum Gasteiger partial charge on any atom is 0.154 e. The maximum atomic E-state index is 5.64. The number of rotatable bonds is 4. The molecule has 3 N–H and O–H groups in total. The van der Waals surface area contributed by atoms with Gasteiger partial charge >= 0.3 is 0 Å². The van der Waals surface area contributed by atoms with E-state index in [0.717, 1.165) is 17.4 Å². The number of nitrogens with zero attached hydrogens (tertiary/aromatic N) is 2. The zero-order valence-corrected chi connectivity index (χ0v) is 9.10. The number of benzene rings is 1. The Labute approximate surface area is 93.7 Å². The summed E-state index contributed by atoms with van der Waals surface area (Å²) >= 11 is 0. The monoisotopic (exact) mass is 218 g/mol. The topological polar surface area (TPSA) is 76.8 Å². The van der Waals surface area contributed by atoms with Crippen molar-refractivity contribution >= 4 is 5.69 Å². The van der Waals surface area contributed by atoms with E-state index in [1.165, 1.54) is 0 Å². The Hall–Kier alpha value is -2.04. The number of aromatic amines is 1. The number of aryl methyl sites for hydroxylation is 1. The van der Waals surface area contributed by atoms with Crippen molar-refractivity contribution < 1.29 is 4.74 Å². The van der Waals surface area contributed by atoms with Crippen molar-refractivity contribution in [3.63, 3.8) is 0 Å². The zero-order chi connectivity index (χ0) is 11.4. The first kappa shape index (κ1) is 10.5. The van der Waals surface area contributed by atoms with Crippen LogP contribution in [0.2, 0.25) is 0 Å². The SMILES string of the molecule is Cc1nc(CCOc2cccc(N)c2)n[nH]1. The molecule has 0 spiro atoms. The molecule has 0 saturated heterocycles. The third kappa shape index (κ3) is 2.73. The van der Waals surface area contributed by atoms with Crippen molar-refractivity contribution in [3.05, 3.63) is 35.9 Å². The van der Waals surface area contributed by atoms with Gasteiger partial charge < -0.3 is 10.5 Å². The number of ether oxygens (including phenoxy) is 1. The molecular weight excluding hydrogens is 204 g/mol. The molecule has 0 atom stereocenters. The van der Waals surface area contributed by atoms with Crippen molar-refractivity contribution in [2.75, 3.05) is 12.3 Å². The van der Waals surface area contributed by atoms with Gasteiger partial charge in [-0.2, -0.15) is 5.10 Å². The normalized spacial score (nSPS) is 10.3. The van der Waals surface area contributed by atoms with E-state index >= 15 is 0 Å². The highest BCUT2D eigenvalue weighted by atomic mass is 16.5. The number of nitrogens with two attached hydrogens (primary N) is 1. The van der Waals surface area contributed by atoms with E-state index in [0.29, 0.717) is 18.7 Å². The van der Waals surface area contributed by atoms with Crippen molar-refractivity contribution in [2.24, 2.45) is 0 Å². The van der Waals surface area contributed by atoms with Crippen LogP contribution >= 0.6 is 0 Å². The molecule has 0 aliphatic carbocycles. The number of aromatic nitrogens is 3. The van der Waals surface area contributed by atoms with Gasteiger partial charge in [-0.15, -0.1) is 0 Å². The van der Waals surface area contributed by atoms with E-state index in [9.17, 15) is 0 Å². The van der Waals surface area contributed by atoms with Gasteiger partial charge in [0.15, 0.2) is 5.82 Å². The molecule has 0 fully saturated rings. The molecule has 2 rings (SSSR count). The molecule has 0 saturated carbocycles. The number of H-pyrrole nitrogens is 1. The van der Waals surface area contributed by atoms with Crippen molar-refractivity contribution in [2.45, 2.75) is 13.3 Å². The minimum Gasteiger partial charge on any atom is -0.493 e. The highest BCUT2D eigenvalue weighted by Gasteiger charge is 2.00.